The molecular weight excluding hydrogens is 420 g/mol. The monoisotopic (exact) mass is 443 g/mol. The number of halogens is 2. The van der Waals surface area contributed by atoms with Gasteiger partial charge in [-0.2, -0.15) is 4.31 Å². The number of carbonyl (C=O) groups is 1. The molecular formula is C19H23F2N3O3S2. The number of carbonyl (C=O) groups excluding carboxylic acids is 1. The average molecular weight is 444 g/mol. The quantitative estimate of drug-likeness (QED) is 0.772. The van der Waals surface area contributed by atoms with E-state index in [4.69, 9.17) is 0 Å². The fraction of sp³-hybridized carbons (Fsp3) is 0.421. The van der Waals surface area contributed by atoms with E-state index in [0.717, 1.165) is 21.9 Å². The van der Waals surface area contributed by atoms with Crippen LogP contribution in [-0.2, 0) is 14.8 Å². The first kappa shape index (κ1) is 21.8. The van der Waals surface area contributed by atoms with Gasteiger partial charge in [0, 0.05) is 35.9 Å². The van der Waals surface area contributed by atoms with Gasteiger partial charge in [-0.3, -0.25) is 9.69 Å². The summed E-state index contributed by atoms with van der Waals surface area (Å²) in [6, 6.07) is 4.38. The molecule has 1 aromatic carbocycles. The smallest absolute Gasteiger partial charge is 0.244 e. The second-order valence-electron chi connectivity index (χ2n) is 6.98. The maximum absolute atomic E-state index is 13.8. The van der Waals surface area contributed by atoms with Crippen LogP contribution in [0.15, 0.2) is 29.2 Å². The van der Waals surface area contributed by atoms with Crippen LogP contribution in [0.25, 0.3) is 0 Å². The second-order valence-corrected chi connectivity index (χ2v) is 10.3. The Kier molecular flexibility index (Phi) is 6.37. The first-order chi connectivity index (χ1) is 13.6. The van der Waals surface area contributed by atoms with Crippen molar-refractivity contribution < 1.29 is 22.0 Å². The zero-order valence-corrected chi connectivity index (χ0v) is 18.0. The van der Waals surface area contributed by atoms with Crippen molar-refractivity contribution in [2.75, 3.05) is 31.5 Å². The van der Waals surface area contributed by atoms with Crippen LogP contribution >= 0.6 is 11.3 Å². The molecule has 0 bridgehead atoms. The summed E-state index contributed by atoms with van der Waals surface area (Å²) in [5.41, 5.74) is -0.478. The van der Waals surface area contributed by atoms with E-state index in [2.05, 4.69) is 5.32 Å². The third-order valence-corrected chi connectivity index (χ3v) is 8.14. The zero-order valence-electron chi connectivity index (χ0n) is 16.4. The highest BCUT2D eigenvalue weighted by molar-refractivity contribution is 7.89. The number of hydrogen-bond donors (Lipinski definition) is 1. The van der Waals surface area contributed by atoms with E-state index in [1.165, 1.54) is 21.7 Å². The lowest BCUT2D eigenvalue weighted by Crippen LogP contribution is -2.54. The van der Waals surface area contributed by atoms with Crippen molar-refractivity contribution >= 4 is 33.0 Å². The minimum Gasteiger partial charge on any atom is -0.320 e. The lowest BCUT2D eigenvalue weighted by Gasteiger charge is -2.36. The van der Waals surface area contributed by atoms with Gasteiger partial charge in [-0.15, -0.1) is 11.3 Å². The number of para-hydroxylation sites is 1. The van der Waals surface area contributed by atoms with Crippen LogP contribution < -0.4 is 5.32 Å². The number of anilines is 1. The molecule has 0 spiro atoms. The second kappa shape index (κ2) is 8.47. The molecule has 158 valence electrons. The number of amides is 1. The standard InChI is InChI=1S/C19H23F2N3O3S2/c1-12-11-17(14(3)28-12)29(26,27)24-9-7-23(8-10-24)13(2)19(25)22-18-15(20)5-4-6-16(18)21/h4-6,11,13H,7-10H2,1-3H3,(H,22,25). The number of aryl methyl sites for hydroxylation is 2. The Bertz CT molecular complexity index is 995. The first-order valence-corrected chi connectivity index (χ1v) is 11.4. The lowest BCUT2D eigenvalue weighted by atomic mass is 10.2. The Balaban J connectivity index is 1.64. The Labute approximate surface area is 173 Å². The van der Waals surface area contributed by atoms with Gasteiger partial charge in [-0.25, -0.2) is 17.2 Å². The Hall–Kier alpha value is -1.88. The first-order valence-electron chi connectivity index (χ1n) is 9.17. The minimum absolute atomic E-state index is 0.238. The Morgan fingerprint density at radius 2 is 1.72 bits per heavy atom. The molecule has 1 aromatic heterocycles. The van der Waals surface area contributed by atoms with Crippen molar-refractivity contribution in [3.05, 3.63) is 45.7 Å². The van der Waals surface area contributed by atoms with E-state index < -0.39 is 39.3 Å². The average Bonchev–Trinajstić information content (AvgIpc) is 3.03. The van der Waals surface area contributed by atoms with Crippen molar-refractivity contribution in [1.29, 1.82) is 0 Å². The van der Waals surface area contributed by atoms with Gasteiger partial charge >= 0.3 is 0 Å². The minimum atomic E-state index is -3.58. The summed E-state index contributed by atoms with van der Waals surface area (Å²) in [4.78, 5) is 16.3. The fourth-order valence-corrected chi connectivity index (χ4v) is 6.29. The summed E-state index contributed by atoms with van der Waals surface area (Å²) < 4.78 is 54.7. The number of rotatable bonds is 5. The SMILES string of the molecule is Cc1cc(S(=O)(=O)N2CCN(C(C)C(=O)Nc3c(F)cccc3F)CC2)c(C)s1. The topological polar surface area (TPSA) is 69.7 Å². The summed E-state index contributed by atoms with van der Waals surface area (Å²) in [6.07, 6.45) is 0. The zero-order chi connectivity index (χ0) is 21.3. The van der Waals surface area contributed by atoms with Gasteiger partial charge in [0.05, 0.1) is 10.9 Å². The van der Waals surface area contributed by atoms with Crippen molar-refractivity contribution in [1.82, 2.24) is 9.21 Å². The van der Waals surface area contributed by atoms with E-state index in [1.807, 2.05) is 6.92 Å². The maximum atomic E-state index is 13.8. The molecule has 1 amide bonds. The maximum Gasteiger partial charge on any atom is 0.244 e. The number of piperazine rings is 1. The lowest BCUT2D eigenvalue weighted by molar-refractivity contribution is -0.121. The van der Waals surface area contributed by atoms with E-state index >= 15 is 0 Å². The van der Waals surface area contributed by atoms with Gasteiger partial charge in [0.15, 0.2) is 0 Å². The number of nitrogens with zero attached hydrogens (tertiary/aromatic N) is 2. The molecule has 1 atom stereocenters. The molecule has 1 N–H and O–H groups in total. The van der Waals surface area contributed by atoms with Crippen LogP contribution in [0, 0.1) is 25.5 Å². The van der Waals surface area contributed by atoms with Crippen LogP contribution in [-0.4, -0.2) is 55.8 Å². The molecule has 29 heavy (non-hydrogen) atoms. The number of thiophene rings is 1. The Morgan fingerprint density at radius 3 is 2.24 bits per heavy atom. The molecule has 2 aromatic rings. The molecule has 0 aliphatic carbocycles. The van der Waals surface area contributed by atoms with Crippen molar-refractivity contribution in [3.63, 3.8) is 0 Å². The summed E-state index contributed by atoms with van der Waals surface area (Å²) in [6.45, 7) is 6.45. The molecule has 0 saturated carbocycles. The molecule has 2 heterocycles. The fourth-order valence-electron chi connectivity index (χ4n) is 3.34. The highest BCUT2D eigenvalue weighted by atomic mass is 32.2. The van der Waals surface area contributed by atoms with Crippen molar-refractivity contribution in [2.24, 2.45) is 0 Å². The molecule has 6 nitrogen and oxygen atoms in total. The third kappa shape index (κ3) is 4.50. The van der Waals surface area contributed by atoms with Crippen LogP contribution in [0.5, 0.6) is 0 Å². The van der Waals surface area contributed by atoms with Gasteiger partial charge in [-0.05, 0) is 39.0 Å². The summed E-state index contributed by atoms with van der Waals surface area (Å²) in [5, 5.41) is 2.29. The molecule has 1 fully saturated rings. The predicted octanol–water partition coefficient (Wildman–Crippen LogP) is 2.98. The highest BCUT2D eigenvalue weighted by Gasteiger charge is 2.33. The normalized spacial score (nSPS) is 17.3. The van der Waals surface area contributed by atoms with Crippen molar-refractivity contribution in [3.8, 4) is 0 Å². The number of sulfonamides is 1. The molecule has 10 heteroatoms. The highest BCUT2D eigenvalue weighted by Crippen LogP contribution is 2.28. The van der Waals surface area contributed by atoms with E-state index in [9.17, 15) is 22.0 Å². The molecule has 0 radical (unpaired) electrons. The summed E-state index contributed by atoms with van der Waals surface area (Å²) >= 11 is 1.44. The summed E-state index contributed by atoms with van der Waals surface area (Å²) in [5.74, 6) is -2.24. The number of nitrogens with one attached hydrogen (secondary N) is 1. The largest absolute Gasteiger partial charge is 0.320 e. The molecule has 1 saturated heterocycles. The molecule has 1 aliphatic heterocycles. The van der Waals surface area contributed by atoms with Gasteiger partial charge in [0.2, 0.25) is 15.9 Å². The predicted molar refractivity (Wildman–Crippen MR) is 109 cm³/mol. The number of hydrogen-bond acceptors (Lipinski definition) is 5. The van der Waals surface area contributed by atoms with E-state index in [0.29, 0.717) is 18.0 Å². The van der Waals surface area contributed by atoms with Crippen molar-refractivity contribution in [2.45, 2.75) is 31.7 Å². The third-order valence-electron chi connectivity index (χ3n) is 5.02. The number of benzene rings is 1. The van der Waals surface area contributed by atoms with Gasteiger partial charge in [0.1, 0.15) is 17.3 Å². The van der Waals surface area contributed by atoms with E-state index in [1.54, 1.807) is 24.8 Å². The van der Waals surface area contributed by atoms with Gasteiger partial charge in [-0.1, -0.05) is 6.07 Å². The van der Waals surface area contributed by atoms with Crippen LogP contribution in [0.4, 0.5) is 14.5 Å². The van der Waals surface area contributed by atoms with E-state index in [-0.39, 0.29) is 13.1 Å². The summed E-state index contributed by atoms with van der Waals surface area (Å²) in [7, 11) is -3.58. The van der Waals surface area contributed by atoms with Crippen LogP contribution in [0.1, 0.15) is 16.7 Å². The van der Waals surface area contributed by atoms with Gasteiger partial charge in [0.25, 0.3) is 0 Å². The van der Waals surface area contributed by atoms with Gasteiger partial charge < -0.3 is 5.32 Å². The molecule has 1 aliphatic rings. The van der Waals surface area contributed by atoms with Crippen LogP contribution in [0.3, 0.4) is 0 Å². The Morgan fingerprint density at radius 1 is 1.14 bits per heavy atom. The molecule has 1 unspecified atom stereocenters. The molecule has 3 rings (SSSR count). The van der Waals surface area contributed by atoms with Crippen LogP contribution in [0.2, 0.25) is 0 Å².